The van der Waals surface area contributed by atoms with Gasteiger partial charge in [-0.3, -0.25) is 9.79 Å². The summed E-state index contributed by atoms with van der Waals surface area (Å²) in [6, 6.07) is 19.0. The van der Waals surface area contributed by atoms with Crippen molar-refractivity contribution in [1.29, 1.82) is 0 Å². The number of nitrogens with one attached hydrogen (secondary N) is 2. The van der Waals surface area contributed by atoms with Crippen LogP contribution in [0.1, 0.15) is 17.5 Å². The first-order valence-corrected chi connectivity index (χ1v) is 10.5. The number of amides is 1. The van der Waals surface area contributed by atoms with Gasteiger partial charge in [-0.05, 0) is 35.3 Å². The van der Waals surface area contributed by atoms with Crippen LogP contribution in [0.5, 0.6) is 0 Å². The van der Waals surface area contributed by atoms with Gasteiger partial charge >= 0.3 is 0 Å². The van der Waals surface area contributed by atoms with Gasteiger partial charge in [-0.25, -0.2) is 0 Å². The topological polar surface area (TPSA) is 60.0 Å². The molecule has 1 amide bonds. The van der Waals surface area contributed by atoms with Crippen LogP contribution in [0.2, 0.25) is 0 Å². The molecule has 0 aliphatic carbocycles. The second-order valence-corrected chi connectivity index (χ2v) is 7.63. The number of anilines is 1. The first kappa shape index (κ1) is 23.1. The van der Waals surface area contributed by atoms with Gasteiger partial charge in [0.2, 0.25) is 5.91 Å². The van der Waals surface area contributed by atoms with Gasteiger partial charge in [-0.2, -0.15) is 0 Å². The van der Waals surface area contributed by atoms with E-state index in [1.54, 1.807) is 0 Å². The largest absolute Gasteiger partial charge is 0.360 e. The minimum absolute atomic E-state index is 0. The minimum atomic E-state index is 0. The molecule has 0 saturated carbocycles. The summed E-state index contributed by atoms with van der Waals surface area (Å²) in [6.07, 6.45) is 3.32. The Morgan fingerprint density at radius 2 is 1.87 bits per heavy atom. The van der Waals surface area contributed by atoms with Crippen molar-refractivity contribution in [2.24, 2.45) is 4.99 Å². The number of hydrogen-bond acceptors (Lipinski definition) is 3. The van der Waals surface area contributed by atoms with Crippen LogP contribution in [0, 0.1) is 0 Å². The van der Waals surface area contributed by atoms with Crippen molar-refractivity contribution in [3.8, 4) is 0 Å². The molecule has 2 aromatic rings. The first-order chi connectivity index (χ1) is 14.7. The smallest absolute Gasteiger partial charge is 0.239 e. The molecule has 0 radical (unpaired) electrons. The van der Waals surface area contributed by atoms with E-state index < -0.39 is 0 Å². The van der Waals surface area contributed by atoms with Gasteiger partial charge in [0.1, 0.15) is 0 Å². The second kappa shape index (κ2) is 11.2. The SMILES string of the molecule is CN=C(NCc1ccc(N2CCNC(=O)C2)cc1)N1CC=C(c2ccccc2)CC1.I. The molecule has 0 unspecified atom stereocenters. The number of carbonyl (C=O) groups excluding carboxylic acids is 1. The zero-order chi connectivity index (χ0) is 20.8. The van der Waals surface area contributed by atoms with Crippen molar-refractivity contribution in [3.05, 3.63) is 71.8 Å². The lowest BCUT2D eigenvalue weighted by Crippen LogP contribution is -2.47. The van der Waals surface area contributed by atoms with E-state index in [0.717, 1.165) is 44.2 Å². The number of benzene rings is 2. The highest BCUT2D eigenvalue weighted by molar-refractivity contribution is 14.0. The predicted molar refractivity (Wildman–Crippen MR) is 138 cm³/mol. The van der Waals surface area contributed by atoms with Gasteiger partial charge < -0.3 is 20.4 Å². The number of nitrogens with zero attached hydrogens (tertiary/aromatic N) is 3. The Balaban J connectivity index is 0.00000272. The van der Waals surface area contributed by atoms with E-state index in [9.17, 15) is 4.79 Å². The summed E-state index contributed by atoms with van der Waals surface area (Å²) in [7, 11) is 1.84. The molecular weight excluding hydrogens is 501 g/mol. The Morgan fingerprint density at radius 1 is 1.10 bits per heavy atom. The quantitative estimate of drug-likeness (QED) is 0.362. The van der Waals surface area contributed by atoms with Gasteiger partial charge in [0.05, 0.1) is 6.54 Å². The third-order valence-electron chi connectivity index (χ3n) is 5.66. The van der Waals surface area contributed by atoms with Gasteiger partial charge in [0.15, 0.2) is 5.96 Å². The van der Waals surface area contributed by atoms with Gasteiger partial charge in [-0.15, -0.1) is 24.0 Å². The maximum Gasteiger partial charge on any atom is 0.239 e. The maximum absolute atomic E-state index is 11.6. The molecule has 2 N–H and O–H groups in total. The number of guanidine groups is 1. The van der Waals surface area contributed by atoms with E-state index in [2.05, 4.69) is 86.1 Å². The number of rotatable bonds is 4. The van der Waals surface area contributed by atoms with E-state index >= 15 is 0 Å². The van der Waals surface area contributed by atoms with E-state index in [1.807, 2.05) is 7.05 Å². The average molecular weight is 531 g/mol. The first-order valence-electron chi connectivity index (χ1n) is 10.5. The van der Waals surface area contributed by atoms with Gasteiger partial charge in [0, 0.05) is 45.5 Å². The Labute approximate surface area is 201 Å². The molecule has 2 aromatic carbocycles. The summed E-state index contributed by atoms with van der Waals surface area (Å²) >= 11 is 0. The van der Waals surface area contributed by atoms with E-state index in [1.165, 1.54) is 16.7 Å². The maximum atomic E-state index is 11.6. The minimum Gasteiger partial charge on any atom is -0.360 e. The molecule has 0 spiro atoms. The molecule has 7 heteroatoms. The standard InChI is InChI=1S/C24H29N5O.HI/c1-25-24(28-14-11-21(12-15-28)20-5-3-2-4-6-20)27-17-19-7-9-22(10-8-19)29-16-13-26-23(30)18-29;/h2-11H,12-18H2,1H3,(H,25,27)(H,26,30);1H. The molecule has 0 atom stereocenters. The summed E-state index contributed by atoms with van der Waals surface area (Å²) in [4.78, 5) is 20.5. The highest BCUT2D eigenvalue weighted by Crippen LogP contribution is 2.22. The van der Waals surface area contributed by atoms with E-state index in [0.29, 0.717) is 13.1 Å². The van der Waals surface area contributed by atoms with Crippen LogP contribution in [0.15, 0.2) is 65.7 Å². The van der Waals surface area contributed by atoms with Crippen molar-refractivity contribution in [1.82, 2.24) is 15.5 Å². The molecule has 2 heterocycles. The van der Waals surface area contributed by atoms with Crippen molar-refractivity contribution in [2.75, 3.05) is 44.7 Å². The summed E-state index contributed by atoms with van der Waals surface area (Å²) in [6.45, 7) is 4.52. The van der Waals surface area contributed by atoms with Crippen LogP contribution in [-0.4, -0.2) is 56.5 Å². The normalized spacial score (nSPS) is 16.9. The Hall–Kier alpha value is -2.55. The fourth-order valence-electron chi connectivity index (χ4n) is 3.97. The predicted octanol–water partition coefficient (Wildman–Crippen LogP) is 3.11. The highest BCUT2D eigenvalue weighted by Gasteiger charge is 2.17. The number of carbonyl (C=O) groups is 1. The number of halogens is 1. The zero-order valence-electron chi connectivity index (χ0n) is 17.9. The summed E-state index contributed by atoms with van der Waals surface area (Å²) in [5, 5.41) is 6.35. The zero-order valence-corrected chi connectivity index (χ0v) is 20.2. The summed E-state index contributed by atoms with van der Waals surface area (Å²) in [5.41, 5.74) is 5.00. The lowest BCUT2D eigenvalue weighted by atomic mass is 10.00. The summed E-state index contributed by atoms with van der Waals surface area (Å²) < 4.78 is 0. The third kappa shape index (κ3) is 6.00. The fourth-order valence-corrected chi connectivity index (χ4v) is 3.97. The molecular formula is C24H30IN5O. The van der Waals surface area contributed by atoms with Crippen molar-refractivity contribution in [3.63, 3.8) is 0 Å². The molecule has 4 rings (SSSR count). The molecule has 0 aromatic heterocycles. The van der Waals surface area contributed by atoms with Crippen LogP contribution in [0.3, 0.4) is 0 Å². The van der Waals surface area contributed by atoms with Crippen molar-refractivity contribution in [2.45, 2.75) is 13.0 Å². The molecule has 2 aliphatic heterocycles. The lowest BCUT2D eigenvalue weighted by molar-refractivity contribution is -0.120. The monoisotopic (exact) mass is 531 g/mol. The van der Waals surface area contributed by atoms with E-state index in [4.69, 9.17) is 0 Å². The summed E-state index contributed by atoms with van der Waals surface area (Å²) in [5.74, 6) is 1.01. The van der Waals surface area contributed by atoms with E-state index in [-0.39, 0.29) is 29.9 Å². The van der Waals surface area contributed by atoms with Crippen LogP contribution < -0.4 is 15.5 Å². The molecule has 164 valence electrons. The van der Waals surface area contributed by atoms with Crippen LogP contribution >= 0.6 is 24.0 Å². The number of hydrogen-bond donors (Lipinski definition) is 2. The van der Waals surface area contributed by atoms with Crippen LogP contribution in [0.25, 0.3) is 5.57 Å². The highest BCUT2D eigenvalue weighted by atomic mass is 127. The Kier molecular flexibility index (Phi) is 8.34. The van der Waals surface area contributed by atoms with Gasteiger partial charge in [-0.1, -0.05) is 48.5 Å². The molecule has 31 heavy (non-hydrogen) atoms. The van der Waals surface area contributed by atoms with Gasteiger partial charge in [0.25, 0.3) is 0 Å². The lowest BCUT2D eigenvalue weighted by Gasteiger charge is -2.30. The number of aliphatic imine (C=N–C) groups is 1. The molecule has 6 nitrogen and oxygen atoms in total. The van der Waals surface area contributed by atoms with Crippen molar-refractivity contribution >= 4 is 47.1 Å². The molecule has 1 fully saturated rings. The van der Waals surface area contributed by atoms with Crippen LogP contribution in [0.4, 0.5) is 5.69 Å². The molecule has 1 saturated heterocycles. The molecule has 0 bridgehead atoms. The third-order valence-corrected chi connectivity index (χ3v) is 5.66. The molecule has 2 aliphatic rings. The van der Waals surface area contributed by atoms with Crippen molar-refractivity contribution < 1.29 is 4.79 Å². The van der Waals surface area contributed by atoms with Crippen LogP contribution in [-0.2, 0) is 11.3 Å². The second-order valence-electron chi connectivity index (χ2n) is 7.63. The Bertz CT molecular complexity index is 927. The number of piperazine rings is 1. The average Bonchev–Trinajstić information content (AvgIpc) is 2.81. The fraction of sp³-hybridized carbons (Fsp3) is 0.333. The Morgan fingerprint density at radius 3 is 2.52 bits per heavy atom.